The summed E-state index contributed by atoms with van der Waals surface area (Å²) in [7, 11) is 3.77. The Morgan fingerprint density at radius 1 is 1.35 bits per heavy atom. The average molecular weight is 288 g/mol. The smallest absolute Gasteiger partial charge is 0.119 e. The normalized spacial score (nSPS) is 21.6. The topological polar surface area (TPSA) is 34.2 Å². The van der Waals surface area contributed by atoms with E-state index >= 15 is 0 Å². The second-order valence-corrected chi connectivity index (χ2v) is 6.30. The fraction of sp³-hybridized carbons (Fsp3) is 0.438. The Balaban J connectivity index is 1.99. The molecule has 20 heavy (non-hydrogen) atoms. The van der Waals surface area contributed by atoms with Crippen molar-refractivity contribution in [2.45, 2.75) is 31.7 Å². The number of likely N-dealkylation sites (N-methyl/N-ethyl adjacent to an activating group) is 1. The second kappa shape index (κ2) is 5.19. The van der Waals surface area contributed by atoms with Gasteiger partial charge in [0.25, 0.3) is 0 Å². The van der Waals surface area contributed by atoms with Gasteiger partial charge in [0.05, 0.1) is 12.6 Å². The Hall–Kier alpha value is -1.39. The third kappa shape index (κ3) is 2.23. The maximum Gasteiger partial charge on any atom is 0.119 e. The highest BCUT2D eigenvalue weighted by atomic mass is 32.1. The first kappa shape index (κ1) is 13.6. The number of nitrogens with one attached hydrogen (secondary N) is 1. The van der Waals surface area contributed by atoms with Crippen LogP contribution in [0.1, 0.15) is 28.2 Å². The summed E-state index contributed by atoms with van der Waals surface area (Å²) in [6.45, 7) is 2.06. The first-order valence-electron chi connectivity index (χ1n) is 6.94. The number of methoxy groups -OCH3 is 1. The molecule has 1 aliphatic rings. The van der Waals surface area contributed by atoms with E-state index in [1.165, 1.54) is 16.1 Å². The zero-order valence-electron chi connectivity index (χ0n) is 12.2. The molecule has 0 saturated heterocycles. The van der Waals surface area contributed by atoms with E-state index < -0.39 is 0 Å². The van der Waals surface area contributed by atoms with Gasteiger partial charge in [-0.1, -0.05) is 6.07 Å². The van der Waals surface area contributed by atoms with Crippen molar-refractivity contribution in [1.29, 1.82) is 0 Å². The van der Waals surface area contributed by atoms with Gasteiger partial charge in [-0.3, -0.25) is 0 Å². The van der Waals surface area contributed by atoms with Crippen molar-refractivity contribution < 1.29 is 4.74 Å². The van der Waals surface area contributed by atoms with Crippen LogP contribution < -0.4 is 10.1 Å². The van der Waals surface area contributed by atoms with Crippen LogP contribution in [0, 0.1) is 6.92 Å². The molecular weight excluding hydrogens is 268 g/mol. The number of thiazole rings is 1. The van der Waals surface area contributed by atoms with Crippen LogP contribution in [0.4, 0.5) is 0 Å². The van der Waals surface area contributed by atoms with Crippen molar-refractivity contribution in [3.05, 3.63) is 45.4 Å². The molecule has 1 heterocycles. The Bertz CT molecular complexity index is 623. The van der Waals surface area contributed by atoms with Gasteiger partial charge in [0.1, 0.15) is 10.8 Å². The number of benzene rings is 1. The highest BCUT2D eigenvalue weighted by molar-refractivity contribution is 7.09. The highest BCUT2D eigenvalue weighted by Gasteiger charge is 2.37. The number of rotatable bonds is 3. The lowest BCUT2D eigenvalue weighted by molar-refractivity contribution is 0.312. The predicted molar refractivity (Wildman–Crippen MR) is 82.6 cm³/mol. The van der Waals surface area contributed by atoms with E-state index in [1.807, 2.05) is 7.05 Å². The minimum absolute atomic E-state index is 0.0295. The molecule has 1 aromatic carbocycles. The van der Waals surface area contributed by atoms with Gasteiger partial charge in [0, 0.05) is 11.1 Å². The number of aryl methyl sites for hydroxylation is 2. The van der Waals surface area contributed by atoms with Crippen LogP contribution in [0.2, 0.25) is 0 Å². The third-order valence-electron chi connectivity index (χ3n) is 4.23. The van der Waals surface area contributed by atoms with Gasteiger partial charge in [0.15, 0.2) is 0 Å². The molecular formula is C16H20N2OS. The molecule has 1 aliphatic carbocycles. The molecule has 0 fully saturated rings. The van der Waals surface area contributed by atoms with Gasteiger partial charge < -0.3 is 10.1 Å². The molecule has 1 unspecified atom stereocenters. The molecule has 0 saturated carbocycles. The van der Waals surface area contributed by atoms with E-state index in [0.29, 0.717) is 0 Å². The largest absolute Gasteiger partial charge is 0.497 e. The van der Waals surface area contributed by atoms with E-state index in [4.69, 9.17) is 9.72 Å². The Morgan fingerprint density at radius 3 is 2.85 bits per heavy atom. The predicted octanol–water partition coefficient (Wildman–Crippen LogP) is 3.06. The minimum Gasteiger partial charge on any atom is -0.497 e. The molecule has 1 atom stereocenters. The zero-order chi connectivity index (χ0) is 14.2. The monoisotopic (exact) mass is 288 g/mol. The highest BCUT2D eigenvalue weighted by Crippen LogP contribution is 2.38. The van der Waals surface area contributed by atoms with E-state index in [9.17, 15) is 0 Å². The Labute approximate surface area is 124 Å². The zero-order valence-corrected chi connectivity index (χ0v) is 13.0. The first-order valence-corrected chi connectivity index (χ1v) is 7.82. The second-order valence-electron chi connectivity index (χ2n) is 5.44. The van der Waals surface area contributed by atoms with E-state index in [-0.39, 0.29) is 5.54 Å². The third-order valence-corrected chi connectivity index (χ3v) is 5.40. The molecule has 0 aliphatic heterocycles. The van der Waals surface area contributed by atoms with Crippen LogP contribution in [0.3, 0.4) is 0 Å². The lowest BCUT2D eigenvalue weighted by Gasteiger charge is -2.36. The number of hydrogen-bond donors (Lipinski definition) is 1. The van der Waals surface area contributed by atoms with Gasteiger partial charge in [0.2, 0.25) is 0 Å². The van der Waals surface area contributed by atoms with Crippen molar-refractivity contribution in [2.75, 3.05) is 14.2 Å². The fourth-order valence-electron chi connectivity index (χ4n) is 2.98. The molecule has 3 rings (SSSR count). The van der Waals surface area contributed by atoms with Crippen molar-refractivity contribution in [3.8, 4) is 5.75 Å². The standard InChI is InChI=1S/C16H20N2OS/c1-11-10-20-15(18-11)16(17-2)7-6-12-4-5-14(19-3)8-13(12)9-16/h4-5,8,10,17H,6-7,9H2,1-3H3. The lowest BCUT2D eigenvalue weighted by atomic mass is 9.78. The van der Waals surface area contributed by atoms with Gasteiger partial charge in [-0.05, 0) is 56.5 Å². The van der Waals surface area contributed by atoms with E-state index in [0.717, 1.165) is 30.7 Å². The lowest BCUT2D eigenvalue weighted by Crippen LogP contribution is -2.44. The van der Waals surface area contributed by atoms with Crippen molar-refractivity contribution >= 4 is 11.3 Å². The van der Waals surface area contributed by atoms with E-state index in [2.05, 4.69) is 35.8 Å². The summed E-state index contributed by atoms with van der Waals surface area (Å²) in [6.07, 6.45) is 3.15. The summed E-state index contributed by atoms with van der Waals surface area (Å²) in [6, 6.07) is 6.42. The molecule has 0 amide bonds. The van der Waals surface area contributed by atoms with E-state index in [1.54, 1.807) is 18.4 Å². The van der Waals surface area contributed by atoms with Crippen LogP contribution in [-0.2, 0) is 18.4 Å². The quantitative estimate of drug-likeness (QED) is 0.942. The summed E-state index contributed by atoms with van der Waals surface area (Å²) in [5.41, 5.74) is 3.89. The molecule has 0 bridgehead atoms. The maximum absolute atomic E-state index is 5.36. The number of ether oxygens (including phenoxy) is 1. The van der Waals surface area contributed by atoms with Crippen LogP contribution in [-0.4, -0.2) is 19.1 Å². The summed E-state index contributed by atoms with van der Waals surface area (Å²) < 4.78 is 5.36. The molecule has 0 spiro atoms. The molecule has 2 aromatic rings. The Morgan fingerprint density at radius 2 is 2.20 bits per heavy atom. The summed E-state index contributed by atoms with van der Waals surface area (Å²) in [4.78, 5) is 4.72. The van der Waals surface area contributed by atoms with Gasteiger partial charge in [-0.2, -0.15) is 0 Å². The minimum atomic E-state index is -0.0295. The summed E-state index contributed by atoms with van der Waals surface area (Å²) >= 11 is 1.76. The fourth-order valence-corrected chi connectivity index (χ4v) is 4.01. The van der Waals surface area contributed by atoms with Crippen LogP contribution in [0.5, 0.6) is 5.75 Å². The molecule has 1 aromatic heterocycles. The SMILES string of the molecule is CNC1(c2nc(C)cs2)CCc2ccc(OC)cc2C1. The van der Waals surface area contributed by atoms with Crippen molar-refractivity contribution in [2.24, 2.45) is 0 Å². The molecule has 0 radical (unpaired) electrons. The van der Waals surface area contributed by atoms with Crippen molar-refractivity contribution in [1.82, 2.24) is 10.3 Å². The number of hydrogen-bond acceptors (Lipinski definition) is 4. The maximum atomic E-state index is 5.36. The van der Waals surface area contributed by atoms with Gasteiger partial charge in [-0.15, -0.1) is 11.3 Å². The molecule has 1 N–H and O–H groups in total. The summed E-state index contributed by atoms with van der Waals surface area (Å²) in [5, 5.41) is 6.87. The number of fused-ring (bicyclic) bond motifs is 1. The Kier molecular flexibility index (Phi) is 3.52. The number of nitrogens with zero attached hydrogens (tertiary/aromatic N) is 1. The van der Waals surface area contributed by atoms with Crippen LogP contribution >= 0.6 is 11.3 Å². The van der Waals surface area contributed by atoms with Gasteiger partial charge in [-0.25, -0.2) is 4.98 Å². The average Bonchev–Trinajstić information content (AvgIpc) is 2.93. The van der Waals surface area contributed by atoms with Crippen molar-refractivity contribution in [3.63, 3.8) is 0 Å². The first-order chi connectivity index (χ1) is 9.66. The molecule has 4 heteroatoms. The summed E-state index contributed by atoms with van der Waals surface area (Å²) in [5.74, 6) is 0.936. The van der Waals surface area contributed by atoms with Gasteiger partial charge >= 0.3 is 0 Å². The molecule has 106 valence electrons. The molecule has 3 nitrogen and oxygen atoms in total. The number of aromatic nitrogens is 1. The van der Waals surface area contributed by atoms with Crippen LogP contribution in [0.15, 0.2) is 23.6 Å². The van der Waals surface area contributed by atoms with Crippen LogP contribution in [0.25, 0.3) is 0 Å².